The van der Waals surface area contributed by atoms with Crippen LogP contribution in [0.15, 0.2) is 10.2 Å². The average Bonchev–Trinajstić information content (AvgIpc) is 3.25. The lowest BCUT2D eigenvalue weighted by molar-refractivity contribution is 0.103. The molecule has 5 heterocycles. The number of nitrogens with zero attached hydrogens (tertiary/aromatic N) is 4. The van der Waals surface area contributed by atoms with Crippen LogP contribution in [-0.2, 0) is 19.5 Å². The average molecular weight is 472 g/mol. The fourth-order valence-corrected chi connectivity index (χ4v) is 6.45. The Morgan fingerprint density at radius 3 is 2.81 bits per heavy atom. The first kappa shape index (κ1) is 21.7. The van der Waals surface area contributed by atoms with Gasteiger partial charge in [-0.3, -0.25) is 24.4 Å². The summed E-state index contributed by atoms with van der Waals surface area (Å²) in [6.45, 7) is 7.91. The molecule has 5 rings (SSSR count). The molecule has 0 bridgehead atoms. The number of thiophene rings is 1. The van der Waals surface area contributed by atoms with E-state index in [4.69, 9.17) is 4.98 Å². The summed E-state index contributed by atoms with van der Waals surface area (Å²) in [6.07, 6.45) is 6.46. The second kappa shape index (κ2) is 9.03. The molecule has 1 N–H and O–H groups in total. The standard InChI is InChI=1S/C23H29N5O2S2/c1-14-7-10-27(11-8-14)12-16-13-31-23(24-16)26-20(29)19-15(2)18-21(32-19)25-17-6-4-3-5-9-28(17)22(18)30/h13-14H,3-12H2,1-2H3,(H,24,26,29). The van der Waals surface area contributed by atoms with Crippen LogP contribution >= 0.6 is 22.7 Å². The Morgan fingerprint density at radius 2 is 2.00 bits per heavy atom. The van der Waals surface area contributed by atoms with Crippen molar-refractivity contribution in [2.45, 2.75) is 65.5 Å². The summed E-state index contributed by atoms with van der Waals surface area (Å²) in [5, 5.41) is 6.16. The Balaban J connectivity index is 1.34. The van der Waals surface area contributed by atoms with Crippen LogP contribution in [-0.4, -0.2) is 38.4 Å². The maximum atomic E-state index is 13.1. The van der Waals surface area contributed by atoms with Crippen molar-refractivity contribution in [1.82, 2.24) is 19.4 Å². The summed E-state index contributed by atoms with van der Waals surface area (Å²) in [5.41, 5.74) is 1.71. The van der Waals surface area contributed by atoms with Crippen molar-refractivity contribution in [2.75, 3.05) is 18.4 Å². The van der Waals surface area contributed by atoms with Crippen LogP contribution in [0.25, 0.3) is 10.2 Å². The smallest absolute Gasteiger partial charge is 0.267 e. The first-order valence-corrected chi connectivity index (χ1v) is 13.2. The summed E-state index contributed by atoms with van der Waals surface area (Å²) in [7, 11) is 0. The number of aromatic nitrogens is 3. The van der Waals surface area contributed by atoms with Crippen molar-refractivity contribution in [3.05, 3.63) is 37.7 Å². The van der Waals surface area contributed by atoms with Gasteiger partial charge in [-0.05, 0) is 57.2 Å². The molecular weight excluding hydrogens is 442 g/mol. The van der Waals surface area contributed by atoms with E-state index < -0.39 is 0 Å². The summed E-state index contributed by atoms with van der Waals surface area (Å²) in [5.74, 6) is 1.45. The van der Waals surface area contributed by atoms with Crippen LogP contribution in [0.3, 0.4) is 0 Å². The van der Waals surface area contributed by atoms with Crippen LogP contribution in [0.5, 0.6) is 0 Å². The predicted octanol–water partition coefficient (Wildman–Crippen LogP) is 4.43. The molecule has 1 fully saturated rings. The first-order chi connectivity index (χ1) is 15.5. The van der Waals surface area contributed by atoms with Gasteiger partial charge < -0.3 is 0 Å². The largest absolute Gasteiger partial charge is 0.297 e. The van der Waals surface area contributed by atoms with Gasteiger partial charge in [-0.1, -0.05) is 13.3 Å². The summed E-state index contributed by atoms with van der Waals surface area (Å²) in [6, 6.07) is 0. The summed E-state index contributed by atoms with van der Waals surface area (Å²) >= 11 is 2.77. The van der Waals surface area contributed by atoms with Crippen molar-refractivity contribution < 1.29 is 4.79 Å². The Kier molecular flexibility index (Phi) is 6.14. The number of piperidine rings is 1. The lowest BCUT2D eigenvalue weighted by atomic mass is 9.99. The monoisotopic (exact) mass is 471 g/mol. The molecule has 0 unspecified atom stereocenters. The van der Waals surface area contributed by atoms with Gasteiger partial charge in [0, 0.05) is 24.9 Å². The van der Waals surface area contributed by atoms with E-state index in [-0.39, 0.29) is 11.5 Å². The fraction of sp³-hybridized carbons (Fsp3) is 0.565. The lowest BCUT2D eigenvalue weighted by Gasteiger charge is -2.29. The molecule has 32 heavy (non-hydrogen) atoms. The van der Waals surface area contributed by atoms with E-state index in [1.165, 1.54) is 35.5 Å². The highest BCUT2D eigenvalue weighted by atomic mass is 32.1. The van der Waals surface area contributed by atoms with Crippen molar-refractivity contribution in [2.24, 2.45) is 5.92 Å². The van der Waals surface area contributed by atoms with Crippen molar-refractivity contribution >= 4 is 43.9 Å². The zero-order chi connectivity index (χ0) is 22.2. The van der Waals surface area contributed by atoms with E-state index in [0.29, 0.717) is 26.8 Å². The number of hydrogen-bond acceptors (Lipinski definition) is 7. The second-order valence-electron chi connectivity index (χ2n) is 9.09. The van der Waals surface area contributed by atoms with Crippen LogP contribution in [0.4, 0.5) is 5.13 Å². The Bertz CT molecular complexity index is 1200. The van der Waals surface area contributed by atoms with Crippen LogP contribution in [0.2, 0.25) is 0 Å². The van der Waals surface area contributed by atoms with E-state index in [1.807, 2.05) is 16.9 Å². The molecule has 0 saturated carbocycles. The third-order valence-electron chi connectivity index (χ3n) is 6.65. The third-order valence-corrected chi connectivity index (χ3v) is 8.64. The molecule has 9 heteroatoms. The zero-order valence-electron chi connectivity index (χ0n) is 18.6. The first-order valence-electron chi connectivity index (χ1n) is 11.5. The van der Waals surface area contributed by atoms with Gasteiger partial charge in [0.2, 0.25) is 0 Å². The quantitative estimate of drug-likeness (QED) is 0.609. The number of carbonyl (C=O) groups is 1. The van der Waals surface area contributed by atoms with E-state index in [0.717, 1.165) is 68.3 Å². The molecule has 0 spiro atoms. The van der Waals surface area contributed by atoms with Crippen LogP contribution < -0.4 is 10.9 Å². The van der Waals surface area contributed by atoms with Gasteiger partial charge >= 0.3 is 0 Å². The predicted molar refractivity (Wildman–Crippen MR) is 130 cm³/mol. The number of likely N-dealkylation sites (tertiary alicyclic amines) is 1. The molecule has 3 aromatic heterocycles. The van der Waals surface area contributed by atoms with E-state index in [2.05, 4.69) is 22.1 Å². The number of thiazole rings is 1. The minimum absolute atomic E-state index is 0.00733. The molecular formula is C23H29N5O2S2. The summed E-state index contributed by atoms with van der Waals surface area (Å²) < 4.78 is 1.81. The number of aryl methyl sites for hydroxylation is 2. The molecule has 0 aliphatic carbocycles. The van der Waals surface area contributed by atoms with E-state index in [9.17, 15) is 9.59 Å². The molecule has 0 radical (unpaired) electrons. The highest BCUT2D eigenvalue weighted by Crippen LogP contribution is 2.30. The van der Waals surface area contributed by atoms with Crippen LogP contribution in [0, 0.1) is 12.8 Å². The Hall–Kier alpha value is -2.10. The molecule has 1 amide bonds. The normalized spacial score (nSPS) is 17.9. The molecule has 2 aliphatic heterocycles. The van der Waals surface area contributed by atoms with Gasteiger partial charge in [0.25, 0.3) is 11.5 Å². The molecule has 0 aromatic carbocycles. The van der Waals surface area contributed by atoms with Crippen molar-refractivity contribution in [3.63, 3.8) is 0 Å². The number of nitrogens with one attached hydrogen (secondary N) is 1. The number of carbonyl (C=O) groups excluding carboxylic acids is 1. The molecule has 7 nitrogen and oxygen atoms in total. The Morgan fingerprint density at radius 1 is 1.19 bits per heavy atom. The Labute approximate surface area is 195 Å². The van der Waals surface area contributed by atoms with E-state index in [1.54, 1.807) is 0 Å². The lowest BCUT2D eigenvalue weighted by Crippen LogP contribution is -2.32. The maximum Gasteiger partial charge on any atom is 0.267 e. The zero-order valence-corrected chi connectivity index (χ0v) is 20.3. The maximum absolute atomic E-state index is 13.1. The number of rotatable bonds is 4. The van der Waals surface area contributed by atoms with Gasteiger partial charge in [-0.25, -0.2) is 9.97 Å². The van der Waals surface area contributed by atoms with Gasteiger partial charge in [-0.15, -0.1) is 22.7 Å². The van der Waals surface area contributed by atoms with Gasteiger partial charge in [0.1, 0.15) is 10.7 Å². The minimum Gasteiger partial charge on any atom is -0.297 e. The molecule has 170 valence electrons. The van der Waals surface area contributed by atoms with E-state index >= 15 is 0 Å². The fourth-order valence-electron chi connectivity index (χ4n) is 4.67. The second-order valence-corrected chi connectivity index (χ2v) is 10.9. The molecule has 3 aromatic rings. The van der Waals surface area contributed by atoms with Gasteiger partial charge in [0.15, 0.2) is 5.13 Å². The van der Waals surface area contributed by atoms with Crippen LogP contribution in [0.1, 0.15) is 65.8 Å². The molecule has 2 aliphatic rings. The number of fused-ring (bicyclic) bond motifs is 2. The SMILES string of the molecule is Cc1c(C(=O)Nc2nc(CN3CCC(C)CC3)cs2)sc2nc3n(c(=O)c12)CCCCC3. The number of anilines is 1. The van der Waals surface area contributed by atoms with Gasteiger partial charge in [0.05, 0.1) is 16.0 Å². The van der Waals surface area contributed by atoms with Gasteiger partial charge in [-0.2, -0.15) is 0 Å². The number of amides is 1. The highest BCUT2D eigenvalue weighted by Gasteiger charge is 2.23. The minimum atomic E-state index is -0.210. The molecule has 1 saturated heterocycles. The van der Waals surface area contributed by atoms with Crippen molar-refractivity contribution in [3.8, 4) is 0 Å². The highest BCUT2D eigenvalue weighted by molar-refractivity contribution is 7.21. The third kappa shape index (κ3) is 4.25. The number of hydrogen-bond donors (Lipinski definition) is 1. The topological polar surface area (TPSA) is 80.1 Å². The molecule has 0 atom stereocenters. The van der Waals surface area contributed by atoms with Crippen molar-refractivity contribution in [1.29, 1.82) is 0 Å². The summed E-state index contributed by atoms with van der Waals surface area (Å²) in [4.78, 5) is 39.2.